The van der Waals surface area contributed by atoms with Gasteiger partial charge in [-0.2, -0.15) is 0 Å². The Labute approximate surface area is 224 Å². The molecule has 0 aliphatic heterocycles. The van der Waals surface area contributed by atoms with E-state index in [2.05, 4.69) is 22.3 Å². The van der Waals surface area contributed by atoms with Crippen LogP contribution in [0, 0.1) is 6.92 Å². The summed E-state index contributed by atoms with van der Waals surface area (Å²) < 4.78 is 2.04. The van der Waals surface area contributed by atoms with Crippen LogP contribution in [0.4, 0.5) is 0 Å². The minimum absolute atomic E-state index is 0.102. The third-order valence-corrected chi connectivity index (χ3v) is 7.51. The Morgan fingerprint density at radius 2 is 1.63 bits per heavy atom. The Kier molecular flexibility index (Phi) is 8.17. The average molecular weight is 509 g/mol. The first-order valence-corrected chi connectivity index (χ1v) is 13.7. The Hall–Kier alpha value is -3.93. The summed E-state index contributed by atoms with van der Waals surface area (Å²) in [6.45, 7) is 3.31. The third kappa shape index (κ3) is 6.13. The first-order valence-electron chi connectivity index (χ1n) is 13.7. The highest BCUT2D eigenvalue weighted by Gasteiger charge is 2.27. The van der Waals surface area contributed by atoms with Gasteiger partial charge < -0.3 is 14.8 Å². The van der Waals surface area contributed by atoms with Crippen LogP contribution in [0.2, 0.25) is 0 Å². The van der Waals surface area contributed by atoms with Gasteiger partial charge in [0.05, 0.1) is 11.0 Å². The molecule has 0 radical (unpaired) electrons. The number of fused-ring (bicyclic) bond motifs is 1. The molecule has 1 fully saturated rings. The third-order valence-electron chi connectivity index (χ3n) is 7.51. The zero-order valence-corrected chi connectivity index (χ0v) is 22.1. The van der Waals surface area contributed by atoms with Gasteiger partial charge in [-0.25, -0.2) is 4.98 Å². The number of hydrogen-bond donors (Lipinski definition) is 1. The fraction of sp³-hybridized carbons (Fsp3) is 0.344. The topological polar surface area (TPSA) is 67.2 Å². The fourth-order valence-corrected chi connectivity index (χ4v) is 5.41. The monoisotopic (exact) mass is 508 g/mol. The van der Waals surface area contributed by atoms with Crippen LogP contribution in [-0.2, 0) is 24.3 Å². The number of nitrogens with one attached hydrogen (secondary N) is 1. The van der Waals surface area contributed by atoms with Crippen molar-refractivity contribution in [3.8, 4) is 0 Å². The van der Waals surface area contributed by atoms with Crippen molar-refractivity contribution in [3.63, 3.8) is 0 Å². The molecule has 1 heterocycles. The van der Waals surface area contributed by atoms with Crippen LogP contribution in [0.15, 0.2) is 78.9 Å². The number of aryl methyl sites for hydroxylation is 1. The molecule has 1 aliphatic rings. The van der Waals surface area contributed by atoms with Gasteiger partial charge in [0.25, 0.3) is 5.91 Å². The van der Waals surface area contributed by atoms with Crippen molar-refractivity contribution in [2.75, 3.05) is 6.54 Å². The number of imidazole rings is 1. The second-order valence-corrected chi connectivity index (χ2v) is 10.3. The van der Waals surface area contributed by atoms with Crippen molar-refractivity contribution in [2.24, 2.45) is 0 Å². The van der Waals surface area contributed by atoms with Gasteiger partial charge in [-0.15, -0.1) is 0 Å². The summed E-state index contributed by atoms with van der Waals surface area (Å²) >= 11 is 0. The summed E-state index contributed by atoms with van der Waals surface area (Å²) in [5, 5.41) is 3.01. The van der Waals surface area contributed by atoms with Crippen LogP contribution >= 0.6 is 0 Å². The Morgan fingerprint density at radius 1 is 0.921 bits per heavy atom. The maximum Gasteiger partial charge on any atom is 0.251 e. The predicted molar refractivity (Wildman–Crippen MR) is 151 cm³/mol. The van der Waals surface area contributed by atoms with E-state index in [1.54, 1.807) is 0 Å². The number of hydrogen-bond acceptors (Lipinski definition) is 3. The quantitative estimate of drug-likeness (QED) is 0.316. The lowest BCUT2D eigenvalue weighted by Gasteiger charge is -2.35. The number of benzene rings is 3. The van der Waals surface area contributed by atoms with Crippen LogP contribution in [0.25, 0.3) is 11.0 Å². The van der Waals surface area contributed by atoms with Crippen LogP contribution in [0.1, 0.15) is 59.4 Å². The highest BCUT2D eigenvalue weighted by molar-refractivity contribution is 5.94. The first-order chi connectivity index (χ1) is 18.6. The Morgan fingerprint density at radius 3 is 2.39 bits per heavy atom. The summed E-state index contributed by atoms with van der Waals surface area (Å²) in [5.41, 5.74) is 4.73. The molecule has 38 heavy (non-hydrogen) atoms. The number of carbonyl (C=O) groups excluding carboxylic acids is 2. The van der Waals surface area contributed by atoms with Crippen LogP contribution < -0.4 is 5.32 Å². The molecule has 0 saturated heterocycles. The van der Waals surface area contributed by atoms with Crippen molar-refractivity contribution in [2.45, 2.75) is 64.6 Å². The molecular weight excluding hydrogens is 472 g/mol. The largest absolute Gasteiger partial charge is 0.352 e. The van der Waals surface area contributed by atoms with E-state index in [1.165, 1.54) is 19.3 Å². The molecule has 5 rings (SSSR count). The van der Waals surface area contributed by atoms with Gasteiger partial charge in [0.15, 0.2) is 0 Å². The molecular formula is C32H36N4O2. The van der Waals surface area contributed by atoms with Gasteiger partial charge in [-0.05, 0) is 49.6 Å². The van der Waals surface area contributed by atoms with Gasteiger partial charge in [0.1, 0.15) is 12.4 Å². The van der Waals surface area contributed by atoms with Gasteiger partial charge in [-0.1, -0.05) is 79.4 Å². The van der Waals surface area contributed by atoms with E-state index in [-0.39, 0.29) is 24.4 Å². The lowest BCUT2D eigenvalue weighted by atomic mass is 9.93. The summed E-state index contributed by atoms with van der Waals surface area (Å²) in [4.78, 5) is 33.5. The second-order valence-electron chi connectivity index (χ2n) is 10.3. The van der Waals surface area contributed by atoms with E-state index in [4.69, 9.17) is 4.98 Å². The fourth-order valence-electron chi connectivity index (χ4n) is 5.41. The van der Waals surface area contributed by atoms with E-state index < -0.39 is 0 Å². The molecule has 0 atom stereocenters. The number of nitrogens with zero attached hydrogens (tertiary/aromatic N) is 3. The molecule has 0 unspecified atom stereocenters. The van der Waals surface area contributed by atoms with Gasteiger partial charge >= 0.3 is 0 Å². The molecule has 3 aromatic carbocycles. The van der Waals surface area contributed by atoms with E-state index >= 15 is 0 Å². The van der Waals surface area contributed by atoms with Crippen LogP contribution in [-0.4, -0.2) is 38.9 Å². The first kappa shape index (κ1) is 25.7. The Bertz CT molecular complexity index is 1370. The molecule has 2 amide bonds. The van der Waals surface area contributed by atoms with Gasteiger partial charge in [-0.3, -0.25) is 9.59 Å². The summed E-state index contributed by atoms with van der Waals surface area (Å²) in [6, 6.07) is 26.0. The average Bonchev–Trinajstić information content (AvgIpc) is 3.30. The molecule has 4 aromatic rings. The van der Waals surface area contributed by atoms with Crippen molar-refractivity contribution in [1.82, 2.24) is 19.8 Å². The Balaban J connectivity index is 1.34. The predicted octanol–water partition coefficient (Wildman–Crippen LogP) is 5.68. The normalized spacial score (nSPS) is 13.9. The molecule has 6 nitrogen and oxygen atoms in total. The van der Waals surface area contributed by atoms with E-state index in [9.17, 15) is 9.59 Å². The zero-order chi connectivity index (χ0) is 26.3. The minimum atomic E-state index is -0.102. The zero-order valence-electron chi connectivity index (χ0n) is 22.1. The molecule has 1 N–H and O–H groups in total. The summed E-state index contributed by atoms with van der Waals surface area (Å²) in [6.07, 6.45) is 6.24. The number of amides is 2. The van der Waals surface area contributed by atoms with Gasteiger partial charge in [0, 0.05) is 31.1 Å². The van der Waals surface area contributed by atoms with Gasteiger partial charge in [0.2, 0.25) is 5.91 Å². The van der Waals surface area contributed by atoms with E-state index in [0.717, 1.165) is 40.8 Å². The molecule has 0 bridgehead atoms. The number of para-hydroxylation sites is 2. The van der Waals surface area contributed by atoms with Crippen molar-refractivity contribution in [3.05, 3.63) is 101 Å². The molecule has 1 saturated carbocycles. The number of aromatic nitrogens is 2. The maximum atomic E-state index is 13.9. The summed E-state index contributed by atoms with van der Waals surface area (Å²) in [5.74, 6) is 0.830. The molecule has 0 spiro atoms. The molecule has 196 valence electrons. The maximum absolute atomic E-state index is 13.9. The second kappa shape index (κ2) is 12.1. The smallest absolute Gasteiger partial charge is 0.251 e. The van der Waals surface area contributed by atoms with E-state index in [1.807, 2.05) is 78.2 Å². The lowest BCUT2D eigenvalue weighted by molar-refractivity contribution is -0.135. The van der Waals surface area contributed by atoms with Crippen LogP contribution in [0.3, 0.4) is 0 Å². The standard InChI is InChI=1S/C32H36N4O2/c1-24-16-18-26(19-17-24)32(38)33-21-20-30-34-28-14-8-9-15-29(28)36(30)23-31(37)35(27-12-6-3-7-13-27)22-25-10-4-2-5-11-25/h2,4-5,8-11,14-19,27H,3,6-7,12-13,20-23H2,1H3,(H,33,38). The lowest BCUT2D eigenvalue weighted by Crippen LogP contribution is -2.42. The highest BCUT2D eigenvalue weighted by Crippen LogP contribution is 2.25. The SMILES string of the molecule is Cc1ccc(C(=O)NCCc2nc3ccccc3n2CC(=O)N(Cc2ccccc2)C2CCCCC2)cc1. The minimum Gasteiger partial charge on any atom is -0.352 e. The number of carbonyl (C=O) groups is 2. The number of rotatable bonds is 9. The van der Waals surface area contributed by atoms with Crippen molar-refractivity contribution in [1.29, 1.82) is 0 Å². The van der Waals surface area contributed by atoms with Crippen LogP contribution in [0.5, 0.6) is 0 Å². The van der Waals surface area contributed by atoms with Crippen molar-refractivity contribution < 1.29 is 9.59 Å². The summed E-state index contributed by atoms with van der Waals surface area (Å²) in [7, 11) is 0. The highest BCUT2D eigenvalue weighted by atomic mass is 16.2. The van der Waals surface area contributed by atoms with E-state index in [0.29, 0.717) is 25.1 Å². The molecule has 1 aliphatic carbocycles. The molecule has 6 heteroatoms. The van der Waals surface area contributed by atoms with Crippen molar-refractivity contribution >= 4 is 22.8 Å². The molecule has 1 aromatic heterocycles.